The number of ether oxygens (including phenoxy) is 1. The Hall–Kier alpha value is -3.62. The smallest absolute Gasteiger partial charge is 0.478 e. The second-order valence-electron chi connectivity index (χ2n) is 6.19. The zero-order valence-corrected chi connectivity index (χ0v) is 15.4. The monoisotopic (exact) mass is 403 g/mol. The van der Waals surface area contributed by atoms with E-state index in [1.165, 1.54) is 35.3 Å². The van der Waals surface area contributed by atoms with Gasteiger partial charge in [-0.1, -0.05) is 24.3 Å². The van der Waals surface area contributed by atoms with Crippen LogP contribution in [0.5, 0.6) is 5.75 Å². The Morgan fingerprint density at radius 1 is 1.03 bits per heavy atom. The molecule has 6 nitrogen and oxygen atoms in total. The van der Waals surface area contributed by atoms with Gasteiger partial charge in [0, 0.05) is 11.1 Å². The van der Waals surface area contributed by atoms with Gasteiger partial charge in [0.05, 0.1) is 5.69 Å². The van der Waals surface area contributed by atoms with Gasteiger partial charge in [-0.05, 0) is 49.2 Å². The molecule has 0 saturated heterocycles. The van der Waals surface area contributed by atoms with Gasteiger partial charge in [0.15, 0.2) is 5.82 Å². The molecule has 1 N–H and O–H groups in total. The highest BCUT2D eigenvalue weighted by atomic mass is 19.4. The van der Waals surface area contributed by atoms with Crippen molar-refractivity contribution in [3.05, 3.63) is 66.0 Å². The Kier molecular flexibility index (Phi) is 5.40. The first-order valence-corrected chi connectivity index (χ1v) is 8.43. The molecule has 150 valence electrons. The van der Waals surface area contributed by atoms with E-state index in [0.29, 0.717) is 22.6 Å². The standard InChI is InChI=1S/C20H16F3N3O3/c1-12(13(2)19(27)28)14-3-5-15(6-4-14)18-24-11-26(25-18)16-7-9-17(10-8-16)29-20(21,22)23/h3-11H,1-2H3,(H,27,28)/b13-12-. The molecular weight excluding hydrogens is 387 g/mol. The highest BCUT2D eigenvalue weighted by molar-refractivity contribution is 5.95. The molecule has 3 aromatic rings. The molecule has 9 heteroatoms. The normalized spacial score (nSPS) is 12.4. The van der Waals surface area contributed by atoms with Crippen molar-refractivity contribution in [2.45, 2.75) is 20.2 Å². The van der Waals surface area contributed by atoms with Crippen LogP contribution >= 0.6 is 0 Å². The summed E-state index contributed by atoms with van der Waals surface area (Å²) in [5.41, 5.74) is 2.92. The maximum atomic E-state index is 12.2. The fourth-order valence-electron chi connectivity index (χ4n) is 2.57. The summed E-state index contributed by atoms with van der Waals surface area (Å²) in [7, 11) is 0. The van der Waals surface area contributed by atoms with Crippen LogP contribution in [0.25, 0.3) is 22.6 Å². The summed E-state index contributed by atoms with van der Waals surface area (Å²) in [4.78, 5) is 15.3. The second-order valence-corrected chi connectivity index (χ2v) is 6.19. The van der Waals surface area contributed by atoms with E-state index >= 15 is 0 Å². The van der Waals surface area contributed by atoms with Crippen LogP contribution in [0.2, 0.25) is 0 Å². The van der Waals surface area contributed by atoms with E-state index in [1.54, 1.807) is 38.1 Å². The number of halogens is 3. The molecule has 1 heterocycles. The van der Waals surface area contributed by atoms with Gasteiger partial charge in [0.2, 0.25) is 0 Å². The number of hydrogen-bond donors (Lipinski definition) is 1. The van der Waals surface area contributed by atoms with Crippen LogP contribution in [-0.2, 0) is 4.79 Å². The van der Waals surface area contributed by atoms with Gasteiger partial charge < -0.3 is 9.84 Å². The molecule has 0 aliphatic heterocycles. The van der Waals surface area contributed by atoms with Crippen LogP contribution in [0.3, 0.4) is 0 Å². The molecule has 3 rings (SSSR count). The Labute approximate surface area is 163 Å². The zero-order valence-electron chi connectivity index (χ0n) is 15.4. The van der Waals surface area contributed by atoms with Crippen LogP contribution in [-0.4, -0.2) is 32.2 Å². The van der Waals surface area contributed by atoms with E-state index in [0.717, 1.165) is 5.56 Å². The average molecular weight is 403 g/mol. The molecule has 2 aromatic carbocycles. The largest absolute Gasteiger partial charge is 0.573 e. The van der Waals surface area contributed by atoms with Crippen LogP contribution < -0.4 is 4.74 Å². The van der Waals surface area contributed by atoms with Gasteiger partial charge in [-0.2, -0.15) is 0 Å². The van der Waals surface area contributed by atoms with Gasteiger partial charge in [0.25, 0.3) is 0 Å². The van der Waals surface area contributed by atoms with Gasteiger partial charge >= 0.3 is 12.3 Å². The number of carboxylic acid groups (broad SMARTS) is 1. The fraction of sp³-hybridized carbons (Fsp3) is 0.150. The number of allylic oxidation sites excluding steroid dienone is 1. The number of carboxylic acids is 1. The lowest BCUT2D eigenvalue weighted by Gasteiger charge is -2.09. The third-order valence-electron chi connectivity index (χ3n) is 4.29. The van der Waals surface area contributed by atoms with Crippen molar-refractivity contribution >= 4 is 11.5 Å². The number of nitrogens with zero attached hydrogens (tertiary/aromatic N) is 3. The van der Waals surface area contributed by atoms with Crippen LogP contribution in [0.4, 0.5) is 13.2 Å². The molecule has 0 spiro atoms. The van der Waals surface area contributed by atoms with E-state index in [-0.39, 0.29) is 11.3 Å². The molecule has 0 amide bonds. The quantitative estimate of drug-likeness (QED) is 0.625. The van der Waals surface area contributed by atoms with Crippen molar-refractivity contribution in [3.8, 4) is 22.8 Å². The summed E-state index contributed by atoms with van der Waals surface area (Å²) in [6.45, 7) is 3.28. The van der Waals surface area contributed by atoms with Gasteiger partial charge in [0.1, 0.15) is 12.1 Å². The van der Waals surface area contributed by atoms with Crippen molar-refractivity contribution in [2.75, 3.05) is 0 Å². The summed E-state index contributed by atoms with van der Waals surface area (Å²) < 4.78 is 42.0. The Balaban J connectivity index is 1.80. The van der Waals surface area contributed by atoms with Gasteiger partial charge in [-0.3, -0.25) is 0 Å². The molecule has 0 unspecified atom stereocenters. The summed E-state index contributed by atoms with van der Waals surface area (Å²) in [5.74, 6) is -0.875. The second kappa shape index (κ2) is 7.78. The van der Waals surface area contributed by atoms with Crippen LogP contribution in [0.15, 0.2) is 60.4 Å². The minimum atomic E-state index is -4.75. The minimum Gasteiger partial charge on any atom is -0.478 e. The Bertz CT molecular complexity index is 1050. The predicted octanol–water partition coefficient (Wildman–Crippen LogP) is 4.71. The molecule has 0 saturated carbocycles. The maximum absolute atomic E-state index is 12.2. The highest BCUT2D eigenvalue weighted by Gasteiger charge is 2.31. The third kappa shape index (κ3) is 4.81. The van der Waals surface area contributed by atoms with Crippen molar-refractivity contribution in [1.29, 1.82) is 0 Å². The number of aliphatic carboxylic acids is 1. The van der Waals surface area contributed by atoms with Gasteiger partial charge in [-0.25, -0.2) is 14.5 Å². The summed E-state index contributed by atoms with van der Waals surface area (Å²) in [6.07, 6.45) is -3.30. The molecule has 0 fully saturated rings. The predicted molar refractivity (Wildman–Crippen MR) is 99.4 cm³/mol. The first-order chi connectivity index (χ1) is 13.6. The molecule has 0 aliphatic rings. The maximum Gasteiger partial charge on any atom is 0.573 e. The van der Waals surface area contributed by atoms with E-state index < -0.39 is 12.3 Å². The molecule has 29 heavy (non-hydrogen) atoms. The molecule has 0 bridgehead atoms. The summed E-state index contributed by atoms with van der Waals surface area (Å²) in [6, 6.07) is 12.4. The van der Waals surface area contributed by atoms with Crippen LogP contribution in [0.1, 0.15) is 19.4 Å². The third-order valence-corrected chi connectivity index (χ3v) is 4.29. The Morgan fingerprint density at radius 2 is 1.66 bits per heavy atom. The number of rotatable bonds is 5. The molecule has 0 radical (unpaired) electrons. The number of carbonyl (C=O) groups is 1. The highest BCUT2D eigenvalue weighted by Crippen LogP contribution is 2.25. The molecule has 0 aliphatic carbocycles. The van der Waals surface area contributed by atoms with Crippen LogP contribution in [0, 0.1) is 0 Å². The Morgan fingerprint density at radius 3 is 2.21 bits per heavy atom. The lowest BCUT2D eigenvalue weighted by atomic mass is 10.0. The minimum absolute atomic E-state index is 0.262. The topological polar surface area (TPSA) is 77.2 Å². The first-order valence-electron chi connectivity index (χ1n) is 8.43. The number of benzene rings is 2. The van der Waals surface area contributed by atoms with E-state index in [4.69, 9.17) is 5.11 Å². The lowest BCUT2D eigenvalue weighted by Crippen LogP contribution is -2.17. The van der Waals surface area contributed by atoms with E-state index in [2.05, 4.69) is 14.8 Å². The SMILES string of the molecule is C/C(C(=O)O)=C(\C)c1ccc(-c2ncn(-c3ccc(OC(F)(F)F)cc3)n2)cc1. The van der Waals surface area contributed by atoms with E-state index in [1.807, 2.05) is 0 Å². The molecule has 0 atom stereocenters. The van der Waals surface area contributed by atoms with Gasteiger partial charge in [-0.15, -0.1) is 18.3 Å². The zero-order chi connectivity index (χ0) is 21.2. The van der Waals surface area contributed by atoms with Crippen molar-refractivity contribution in [2.24, 2.45) is 0 Å². The summed E-state index contributed by atoms with van der Waals surface area (Å²) in [5, 5.41) is 13.4. The van der Waals surface area contributed by atoms with Crippen molar-refractivity contribution < 1.29 is 27.8 Å². The van der Waals surface area contributed by atoms with Crippen molar-refractivity contribution in [1.82, 2.24) is 14.8 Å². The number of alkyl halides is 3. The molecular formula is C20H16F3N3O3. The van der Waals surface area contributed by atoms with E-state index in [9.17, 15) is 18.0 Å². The molecule has 1 aromatic heterocycles. The summed E-state index contributed by atoms with van der Waals surface area (Å²) >= 11 is 0. The number of hydrogen-bond acceptors (Lipinski definition) is 4. The number of aromatic nitrogens is 3. The van der Waals surface area contributed by atoms with Crippen molar-refractivity contribution in [3.63, 3.8) is 0 Å². The average Bonchev–Trinajstić information content (AvgIpc) is 3.16. The first kappa shape index (κ1) is 20.1. The fourth-order valence-corrected chi connectivity index (χ4v) is 2.57. The lowest BCUT2D eigenvalue weighted by molar-refractivity contribution is -0.274.